The van der Waals surface area contributed by atoms with Crippen LogP contribution in [0.2, 0.25) is 0 Å². The number of rotatable bonds is 14. The zero-order chi connectivity index (χ0) is 32.0. The summed E-state index contributed by atoms with van der Waals surface area (Å²) >= 11 is 0. The lowest BCUT2D eigenvalue weighted by Crippen LogP contribution is -2.38. The highest BCUT2D eigenvalue weighted by atomic mass is 32.2. The maximum atomic E-state index is 13.9. The molecule has 44 heavy (non-hydrogen) atoms. The van der Waals surface area contributed by atoms with E-state index in [0.29, 0.717) is 0 Å². The summed E-state index contributed by atoms with van der Waals surface area (Å²) in [7, 11) is -12.1. The molecule has 0 aromatic heterocycles. The average molecular weight is 658 g/mol. The predicted octanol–water partition coefficient (Wildman–Crippen LogP) is 4.60. The summed E-state index contributed by atoms with van der Waals surface area (Å²) < 4.78 is 88.0. The molecule has 10 nitrogen and oxygen atoms in total. The lowest BCUT2D eigenvalue weighted by atomic mass is 10.2. The maximum Gasteiger partial charge on any atom is 0.297 e. The Morgan fingerprint density at radius 3 is 1.68 bits per heavy atom. The second-order valence-electron chi connectivity index (χ2n) is 10.2. The summed E-state index contributed by atoms with van der Waals surface area (Å²) in [4.78, 5) is 0.114. The molecule has 0 saturated heterocycles. The summed E-state index contributed by atoms with van der Waals surface area (Å²) in [5.74, 6) is 0. The van der Waals surface area contributed by atoms with Crippen LogP contribution in [0.25, 0.3) is 0 Å². The van der Waals surface area contributed by atoms with E-state index in [1.54, 1.807) is 48.5 Å². The van der Waals surface area contributed by atoms with Crippen LogP contribution in [-0.2, 0) is 34.3 Å². The summed E-state index contributed by atoms with van der Waals surface area (Å²) in [6.07, 6.45) is 0. The van der Waals surface area contributed by atoms with E-state index in [9.17, 15) is 25.3 Å². The van der Waals surface area contributed by atoms with E-state index in [1.165, 1.54) is 48.5 Å². The van der Waals surface area contributed by atoms with Crippen LogP contribution < -0.4 is 14.3 Å². The highest BCUT2D eigenvalue weighted by Gasteiger charge is 2.28. The van der Waals surface area contributed by atoms with Crippen molar-refractivity contribution in [3.05, 3.63) is 114 Å². The van der Waals surface area contributed by atoms with Crippen molar-refractivity contribution in [2.45, 2.75) is 35.5 Å². The van der Waals surface area contributed by atoms with Gasteiger partial charge >= 0.3 is 0 Å². The molecule has 0 atom stereocenters. The SMILES string of the molecule is Cc1ccc(S(=O)(=O)Nc2ccccc2N(CCNCCOS(=O)(=O)c2ccc(C)cc2)S(=O)(=O)c2ccc(C)cc2)cc1. The third kappa shape index (κ3) is 8.24. The van der Waals surface area contributed by atoms with Crippen molar-refractivity contribution >= 4 is 41.5 Å². The van der Waals surface area contributed by atoms with Gasteiger partial charge in [0.25, 0.3) is 30.2 Å². The number of hydrogen-bond acceptors (Lipinski definition) is 8. The van der Waals surface area contributed by atoms with Crippen LogP contribution in [0.1, 0.15) is 16.7 Å². The van der Waals surface area contributed by atoms with Crippen molar-refractivity contribution < 1.29 is 29.4 Å². The minimum absolute atomic E-state index is 0.0341. The Balaban J connectivity index is 1.54. The minimum atomic E-state index is -4.14. The number of sulfonamides is 2. The van der Waals surface area contributed by atoms with Gasteiger partial charge in [-0.3, -0.25) is 13.2 Å². The number of anilines is 2. The van der Waals surface area contributed by atoms with Gasteiger partial charge in [0.05, 0.1) is 32.7 Å². The Morgan fingerprint density at radius 1 is 0.614 bits per heavy atom. The standard InChI is InChI=1S/C31H35N3O7S3/c1-24-8-14-27(15-9-24)42(35,36)33-30-6-4-5-7-31(30)34(43(37,38)28-16-10-25(2)11-17-28)22-20-32-21-23-41-44(39,40)29-18-12-26(3)13-19-29/h4-19,32-33H,20-23H2,1-3H3. The lowest BCUT2D eigenvalue weighted by molar-refractivity contribution is 0.315. The molecule has 0 aliphatic rings. The summed E-state index contributed by atoms with van der Waals surface area (Å²) in [5.41, 5.74) is 2.90. The molecular formula is C31H35N3O7S3. The fraction of sp³-hybridized carbons (Fsp3) is 0.226. The Kier molecular flexibility index (Phi) is 10.5. The highest BCUT2D eigenvalue weighted by molar-refractivity contribution is 7.93. The lowest BCUT2D eigenvalue weighted by Gasteiger charge is -2.27. The van der Waals surface area contributed by atoms with Gasteiger partial charge in [0.1, 0.15) is 0 Å². The van der Waals surface area contributed by atoms with Gasteiger partial charge in [-0.1, -0.05) is 65.2 Å². The molecule has 0 aliphatic carbocycles. The van der Waals surface area contributed by atoms with Gasteiger partial charge in [0, 0.05) is 19.6 Å². The highest BCUT2D eigenvalue weighted by Crippen LogP contribution is 2.32. The molecule has 234 valence electrons. The zero-order valence-electron chi connectivity index (χ0n) is 24.6. The van der Waals surface area contributed by atoms with Crippen LogP contribution in [0.3, 0.4) is 0 Å². The van der Waals surface area contributed by atoms with E-state index in [2.05, 4.69) is 10.0 Å². The van der Waals surface area contributed by atoms with Crippen LogP contribution in [0.5, 0.6) is 0 Å². The molecule has 0 radical (unpaired) electrons. The molecule has 0 spiro atoms. The fourth-order valence-electron chi connectivity index (χ4n) is 4.21. The Morgan fingerprint density at radius 2 is 1.11 bits per heavy atom. The molecule has 0 aliphatic heterocycles. The van der Waals surface area contributed by atoms with Crippen molar-refractivity contribution in [3.63, 3.8) is 0 Å². The van der Waals surface area contributed by atoms with Gasteiger partial charge in [-0.25, -0.2) is 16.8 Å². The quantitative estimate of drug-likeness (QED) is 0.148. The van der Waals surface area contributed by atoms with Crippen LogP contribution in [-0.4, -0.2) is 51.5 Å². The van der Waals surface area contributed by atoms with Crippen LogP contribution >= 0.6 is 0 Å². The van der Waals surface area contributed by atoms with E-state index in [-0.39, 0.29) is 52.3 Å². The minimum Gasteiger partial charge on any atom is -0.313 e. The van der Waals surface area contributed by atoms with Crippen molar-refractivity contribution in [1.29, 1.82) is 0 Å². The Labute approximate surface area is 259 Å². The molecule has 4 rings (SSSR count). The van der Waals surface area contributed by atoms with Gasteiger partial charge in [0.2, 0.25) is 0 Å². The zero-order valence-corrected chi connectivity index (χ0v) is 27.0. The first kappa shape index (κ1) is 33.1. The van der Waals surface area contributed by atoms with Crippen molar-refractivity contribution in [3.8, 4) is 0 Å². The van der Waals surface area contributed by atoms with Gasteiger partial charge in [0.15, 0.2) is 0 Å². The number of para-hydroxylation sites is 2. The van der Waals surface area contributed by atoms with Gasteiger partial charge < -0.3 is 5.32 Å². The summed E-state index contributed by atoms with van der Waals surface area (Å²) in [5, 5.41) is 3.02. The molecule has 0 heterocycles. The normalized spacial score (nSPS) is 12.2. The third-order valence-corrected chi connectivity index (χ3v) is 11.2. The molecule has 0 bridgehead atoms. The first-order valence-electron chi connectivity index (χ1n) is 13.7. The second-order valence-corrected chi connectivity index (χ2v) is 15.3. The van der Waals surface area contributed by atoms with Crippen molar-refractivity contribution in [2.24, 2.45) is 0 Å². The Bertz CT molecular complexity index is 1890. The first-order valence-corrected chi connectivity index (χ1v) is 18.1. The smallest absolute Gasteiger partial charge is 0.297 e. The fourth-order valence-corrected chi connectivity index (χ4v) is 7.68. The molecule has 4 aromatic carbocycles. The molecule has 13 heteroatoms. The van der Waals surface area contributed by atoms with Crippen molar-refractivity contribution in [2.75, 3.05) is 35.3 Å². The van der Waals surface area contributed by atoms with Gasteiger partial charge in [-0.15, -0.1) is 0 Å². The molecule has 0 fully saturated rings. The maximum absolute atomic E-state index is 13.9. The van der Waals surface area contributed by atoms with Crippen LogP contribution in [0.4, 0.5) is 11.4 Å². The molecule has 4 aromatic rings. The second kappa shape index (κ2) is 13.9. The number of nitrogens with one attached hydrogen (secondary N) is 2. The van der Waals surface area contributed by atoms with E-state index in [0.717, 1.165) is 21.0 Å². The molecule has 2 N–H and O–H groups in total. The molecule has 0 unspecified atom stereocenters. The number of hydrogen-bond donors (Lipinski definition) is 2. The topological polar surface area (TPSA) is 139 Å². The first-order chi connectivity index (χ1) is 20.8. The molecular weight excluding hydrogens is 623 g/mol. The number of benzene rings is 4. The average Bonchev–Trinajstić information content (AvgIpc) is 2.98. The van der Waals surface area contributed by atoms with Crippen LogP contribution in [0.15, 0.2) is 112 Å². The third-order valence-electron chi connectivity index (χ3n) is 6.68. The monoisotopic (exact) mass is 657 g/mol. The molecule has 0 saturated carbocycles. The predicted molar refractivity (Wildman–Crippen MR) is 171 cm³/mol. The summed E-state index contributed by atoms with van der Waals surface area (Å²) in [6.45, 7) is 5.49. The summed E-state index contributed by atoms with van der Waals surface area (Å²) in [6, 6.07) is 25.2. The van der Waals surface area contributed by atoms with E-state index >= 15 is 0 Å². The number of aryl methyl sites for hydroxylation is 3. The van der Waals surface area contributed by atoms with Crippen LogP contribution in [0, 0.1) is 20.8 Å². The van der Waals surface area contributed by atoms with E-state index < -0.39 is 30.2 Å². The van der Waals surface area contributed by atoms with Crippen molar-refractivity contribution in [1.82, 2.24) is 5.32 Å². The van der Waals surface area contributed by atoms with Gasteiger partial charge in [-0.05, 0) is 69.3 Å². The largest absolute Gasteiger partial charge is 0.313 e. The Hall–Kier alpha value is -3.75. The number of nitrogens with zero attached hydrogens (tertiary/aromatic N) is 1. The van der Waals surface area contributed by atoms with E-state index in [1.807, 2.05) is 20.8 Å². The van der Waals surface area contributed by atoms with E-state index in [4.69, 9.17) is 4.18 Å². The molecule has 0 amide bonds. The van der Waals surface area contributed by atoms with Gasteiger partial charge in [-0.2, -0.15) is 8.42 Å².